The lowest BCUT2D eigenvalue weighted by Crippen LogP contribution is -2.30. The van der Waals surface area contributed by atoms with Gasteiger partial charge in [0, 0.05) is 35.2 Å². The number of hydrogen-bond donors (Lipinski definition) is 2. The standard InChI is InChI=1S/C16H20ClNO2/c17-12-4-6-14-15(2-1-7-20-16(14)9-12)18-13-5-3-11(8-13)10-19/h3-6,9,11,13,15,18-19H,1-2,7-8,10H2/t11-,13+,15-/m0/s1. The van der Waals surface area contributed by atoms with Gasteiger partial charge in [0.25, 0.3) is 0 Å². The molecule has 0 aromatic heterocycles. The van der Waals surface area contributed by atoms with Gasteiger partial charge >= 0.3 is 0 Å². The molecule has 1 aromatic carbocycles. The molecule has 3 atom stereocenters. The summed E-state index contributed by atoms with van der Waals surface area (Å²) in [6.45, 7) is 0.972. The van der Waals surface area contributed by atoms with Crippen LogP contribution in [-0.4, -0.2) is 24.4 Å². The summed E-state index contributed by atoms with van der Waals surface area (Å²) in [5.74, 6) is 1.19. The molecule has 4 heteroatoms. The van der Waals surface area contributed by atoms with Crippen LogP contribution in [0, 0.1) is 5.92 Å². The molecule has 1 aliphatic heterocycles. The molecule has 3 rings (SSSR count). The van der Waals surface area contributed by atoms with E-state index >= 15 is 0 Å². The topological polar surface area (TPSA) is 41.5 Å². The van der Waals surface area contributed by atoms with Crippen molar-refractivity contribution in [2.24, 2.45) is 5.92 Å². The highest BCUT2D eigenvalue weighted by atomic mass is 35.5. The Morgan fingerprint density at radius 2 is 2.25 bits per heavy atom. The number of aliphatic hydroxyl groups is 1. The number of rotatable bonds is 3. The van der Waals surface area contributed by atoms with Crippen molar-refractivity contribution >= 4 is 11.6 Å². The van der Waals surface area contributed by atoms with E-state index in [9.17, 15) is 5.11 Å². The zero-order valence-electron chi connectivity index (χ0n) is 11.4. The molecule has 1 aromatic rings. The number of halogens is 1. The van der Waals surface area contributed by atoms with Gasteiger partial charge < -0.3 is 15.2 Å². The number of ether oxygens (including phenoxy) is 1. The van der Waals surface area contributed by atoms with Crippen LogP contribution in [0.5, 0.6) is 5.75 Å². The second-order valence-corrected chi connectivity index (χ2v) is 6.00. The lowest BCUT2D eigenvalue weighted by Gasteiger charge is -2.22. The molecular weight excluding hydrogens is 274 g/mol. The quantitative estimate of drug-likeness (QED) is 0.842. The SMILES string of the molecule is OC[C@H]1C=C[C@@H](N[C@H]2CCCOc3cc(Cl)ccc32)C1. The van der Waals surface area contributed by atoms with Gasteiger partial charge in [0.2, 0.25) is 0 Å². The third-order valence-electron chi connectivity index (χ3n) is 4.07. The van der Waals surface area contributed by atoms with Gasteiger partial charge in [-0.1, -0.05) is 29.8 Å². The molecule has 0 saturated carbocycles. The maximum atomic E-state index is 9.21. The maximum Gasteiger partial charge on any atom is 0.125 e. The number of nitrogens with one attached hydrogen (secondary N) is 1. The predicted octanol–water partition coefficient (Wildman–Crippen LogP) is 3.08. The van der Waals surface area contributed by atoms with E-state index in [0.717, 1.165) is 31.6 Å². The van der Waals surface area contributed by atoms with E-state index in [2.05, 4.69) is 23.5 Å². The molecule has 1 aliphatic carbocycles. The van der Waals surface area contributed by atoms with E-state index in [4.69, 9.17) is 16.3 Å². The summed E-state index contributed by atoms with van der Waals surface area (Å²) in [6, 6.07) is 6.50. The maximum absolute atomic E-state index is 9.21. The molecule has 2 aliphatic rings. The van der Waals surface area contributed by atoms with E-state index in [0.29, 0.717) is 17.0 Å². The fourth-order valence-electron chi connectivity index (χ4n) is 3.01. The van der Waals surface area contributed by atoms with Crippen molar-refractivity contribution in [3.8, 4) is 5.75 Å². The van der Waals surface area contributed by atoms with Crippen LogP contribution in [0.1, 0.15) is 30.9 Å². The molecule has 0 bridgehead atoms. The zero-order valence-corrected chi connectivity index (χ0v) is 12.1. The van der Waals surface area contributed by atoms with Gasteiger partial charge in [-0.15, -0.1) is 0 Å². The second-order valence-electron chi connectivity index (χ2n) is 5.56. The molecule has 1 heterocycles. The minimum Gasteiger partial charge on any atom is -0.493 e. The molecule has 0 fully saturated rings. The van der Waals surface area contributed by atoms with Crippen LogP contribution >= 0.6 is 11.6 Å². The van der Waals surface area contributed by atoms with Crippen LogP contribution in [-0.2, 0) is 0 Å². The third-order valence-corrected chi connectivity index (χ3v) is 4.30. The first-order chi connectivity index (χ1) is 9.76. The number of benzene rings is 1. The third kappa shape index (κ3) is 3.00. The zero-order chi connectivity index (χ0) is 13.9. The largest absolute Gasteiger partial charge is 0.493 e. The van der Waals surface area contributed by atoms with Gasteiger partial charge in [-0.2, -0.15) is 0 Å². The normalized spacial score (nSPS) is 28.8. The molecule has 3 nitrogen and oxygen atoms in total. The molecule has 0 spiro atoms. The smallest absolute Gasteiger partial charge is 0.125 e. The summed E-state index contributed by atoms with van der Waals surface area (Å²) < 4.78 is 5.78. The van der Waals surface area contributed by atoms with E-state index in [-0.39, 0.29) is 12.6 Å². The van der Waals surface area contributed by atoms with Gasteiger partial charge in [0.1, 0.15) is 5.75 Å². The van der Waals surface area contributed by atoms with E-state index in [1.54, 1.807) is 0 Å². The van der Waals surface area contributed by atoms with Crippen molar-refractivity contribution in [2.75, 3.05) is 13.2 Å². The highest BCUT2D eigenvalue weighted by Crippen LogP contribution is 2.34. The Hall–Kier alpha value is -1.03. The minimum atomic E-state index is 0.231. The molecular formula is C16H20ClNO2. The predicted molar refractivity (Wildman–Crippen MR) is 80.2 cm³/mol. The summed E-state index contributed by atoms with van der Waals surface area (Å²) >= 11 is 6.05. The van der Waals surface area contributed by atoms with Crippen LogP contribution < -0.4 is 10.1 Å². The summed E-state index contributed by atoms with van der Waals surface area (Å²) in [5.41, 5.74) is 1.19. The summed E-state index contributed by atoms with van der Waals surface area (Å²) in [5, 5.41) is 13.6. The lowest BCUT2D eigenvalue weighted by atomic mass is 10.00. The van der Waals surface area contributed by atoms with Crippen LogP contribution in [0.3, 0.4) is 0 Å². The number of fused-ring (bicyclic) bond motifs is 1. The molecule has 20 heavy (non-hydrogen) atoms. The van der Waals surface area contributed by atoms with E-state index in [1.807, 2.05) is 12.1 Å². The summed E-state index contributed by atoms with van der Waals surface area (Å²) in [7, 11) is 0. The van der Waals surface area contributed by atoms with Gasteiger partial charge in [-0.25, -0.2) is 0 Å². The fourth-order valence-corrected chi connectivity index (χ4v) is 3.17. The summed E-state index contributed by atoms with van der Waals surface area (Å²) in [6.07, 6.45) is 7.33. The highest BCUT2D eigenvalue weighted by molar-refractivity contribution is 6.30. The van der Waals surface area contributed by atoms with Crippen LogP contribution in [0.4, 0.5) is 0 Å². The molecule has 0 saturated heterocycles. The van der Waals surface area contributed by atoms with E-state index < -0.39 is 0 Å². The Balaban J connectivity index is 1.75. The van der Waals surface area contributed by atoms with Gasteiger partial charge in [0.15, 0.2) is 0 Å². The molecule has 0 amide bonds. The van der Waals surface area contributed by atoms with Gasteiger partial charge in [0.05, 0.1) is 6.61 Å². The molecule has 2 N–H and O–H groups in total. The number of hydrogen-bond acceptors (Lipinski definition) is 3. The average molecular weight is 294 g/mol. The van der Waals surface area contributed by atoms with Crippen LogP contribution in [0.25, 0.3) is 0 Å². The first kappa shape index (κ1) is 13.9. The lowest BCUT2D eigenvalue weighted by molar-refractivity contribution is 0.244. The van der Waals surface area contributed by atoms with Crippen molar-refractivity contribution in [1.29, 1.82) is 0 Å². The van der Waals surface area contributed by atoms with Crippen molar-refractivity contribution in [1.82, 2.24) is 5.32 Å². The van der Waals surface area contributed by atoms with Crippen molar-refractivity contribution in [3.05, 3.63) is 40.9 Å². The average Bonchev–Trinajstić information content (AvgIpc) is 2.81. The second kappa shape index (κ2) is 6.17. The minimum absolute atomic E-state index is 0.231. The highest BCUT2D eigenvalue weighted by Gasteiger charge is 2.25. The van der Waals surface area contributed by atoms with Crippen molar-refractivity contribution in [3.63, 3.8) is 0 Å². The Morgan fingerprint density at radius 3 is 3.05 bits per heavy atom. The Bertz CT molecular complexity index is 503. The van der Waals surface area contributed by atoms with Crippen molar-refractivity contribution < 1.29 is 9.84 Å². The first-order valence-electron chi connectivity index (χ1n) is 7.24. The molecule has 0 radical (unpaired) electrons. The van der Waals surface area contributed by atoms with Crippen LogP contribution in [0.2, 0.25) is 5.02 Å². The Morgan fingerprint density at radius 1 is 1.35 bits per heavy atom. The fraction of sp³-hybridized carbons (Fsp3) is 0.500. The van der Waals surface area contributed by atoms with Gasteiger partial charge in [-0.05, 0) is 31.4 Å². The molecule has 0 unspecified atom stereocenters. The number of aliphatic hydroxyl groups excluding tert-OH is 1. The van der Waals surface area contributed by atoms with Crippen LogP contribution in [0.15, 0.2) is 30.4 Å². The summed E-state index contributed by atoms with van der Waals surface area (Å²) in [4.78, 5) is 0. The van der Waals surface area contributed by atoms with E-state index in [1.165, 1.54) is 5.56 Å². The Kier molecular flexibility index (Phi) is 4.29. The molecule has 108 valence electrons. The van der Waals surface area contributed by atoms with Gasteiger partial charge in [-0.3, -0.25) is 0 Å². The van der Waals surface area contributed by atoms with Crippen molar-refractivity contribution in [2.45, 2.75) is 31.3 Å². The monoisotopic (exact) mass is 293 g/mol. The first-order valence-corrected chi connectivity index (χ1v) is 7.61. The Labute approximate surface area is 124 Å².